The van der Waals surface area contributed by atoms with Crippen LogP contribution in [0.25, 0.3) is 0 Å². The smallest absolute Gasteiger partial charge is 0.222 e. The Morgan fingerprint density at radius 2 is 1.86 bits per heavy atom. The Morgan fingerprint density at radius 3 is 2.43 bits per heavy atom. The quantitative estimate of drug-likeness (QED) is 0.858. The molecule has 0 aliphatic rings. The van der Waals surface area contributed by atoms with Crippen LogP contribution in [0.15, 0.2) is 36.7 Å². The molecule has 6 heteroatoms. The molecule has 1 heterocycles. The van der Waals surface area contributed by atoms with Crippen LogP contribution in [-0.2, 0) is 6.42 Å². The van der Waals surface area contributed by atoms with Crippen LogP contribution in [-0.4, -0.2) is 34.3 Å². The number of nitrogens with one attached hydrogen (secondary N) is 1. The first-order valence-corrected chi connectivity index (χ1v) is 6.93. The van der Waals surface area contributed by atoms with Crippen LogP contribution in [0.3, 0.4) is 0 Å². The molecular formula is C15H18ClN3O2. The van der Waals surface area contributed by atoms with Crippen molar-refractivity contribution < 1.29 is 9.84 Å². The largest absolute Gasteiger partial charge is 0.497 e. The minimum Gasteiger partial charge on any atom is -0.497 e. The van der Waals surface area contributed by atoms with E-state index in [-0.39, 0.29) is 0 Å². The Morgan fingerprint density at radius 1 is 1.24 bits per heavy atom. The summed E-state index contributed by atoms with van der Waals surface area (Å²) in [4.78, 5) is 8.06. The van der Waals surface area contributed by atoms with Crippen LogP contribution in [0.5, 0.6) is 5.75 Å². The number of hydrogen-bond donors (Lipinski definition) is 2. The third kappa shape index (κ3) is 4.88. The number of methoxy groups -OCH3 is 1. The van der Waals surface area contributed by atoms with Gasteiger partial charge in [0.15, 0.2) is 0 Å². The highest BCUT2D eigenvalue weighted by molar-refractivity contribution is 6.30. The number of aliphatic hydroxyl groups is 1. The fourth-order valence-electron chi connectivity index (χ4n) is 1.92. The van der Waals surface area contributed by atoms with Gasteiger partial charge in [-0.1, -0.05) is 23.7 Å². The Kier molecular flexibility index (Phi) is 4.98. The van der Waals surface area contributed by atoms with E-state index in [9.17, 15) is 5.11 Å². The van der Waals surface area contributed by atoms with E-state index in [1.165, 1.54) is 12.4 Å². The van der Waals surface area contributed by atoms with Gasteiger partial charge in [0.25, 0.3) is 0 Å². The van der Waals surface area contributed by atoms with E-state index >= 15 is 0 Å². The lowest BCUT2D eigenvalue weighted by molar-refractivity contribution is 0.0740. The summed E-state index contributed by atoms with van der Waals surface area (Å²) in [5.74, 6) is 1.24. The lowest BCUT2D eigenvalue weighted by atomic mass is 9.96. The van der Waals surface area contributed by atoms with Crippen LogP contribution in [0, 0.1) is 0 Å². The maximum Gasteiger partial charge on any atom is 0.222 e. The summed E-state index contributed by atoms with van der Waals surface area (Å²) in [6.45, 7) is 2.10. The number of rotatable bonds is 6. The molecule has 0 aliphatic carbocycles. The van der Waals surface area contributed by atoms with Crippen molar-refractivity contribution in [2.45, 2.75) is 18.9 Å². The lowest BCUT2D eigenvalue weighted by Gasteiger charge is -2.23. The topological polar surface area (TPSA) is 67.3 Å². The van der Waals surface area contributed by atoms with E-state index in [1.54, 1.807) is 14.0 Å². The van der Waals surface area contributed by atoms with Gasteiger partial charge in [-0.15, -0.1) is 0 Å². The van der Waals surface area contributed by atoms with Gasteiger partial charge in [-0.3, -0.25) is 0 Å². The van der Waals surface area contributed by atoms with Crippen molar-refractivity contribution in [2.75, 3.05) is 19.0 Å². The molecule has 2 rings (SSSR count). The Balaban J connectivity index is 1.92. The van der Waals surface area contributed by atoms with Gasteiger partial charge in [-0.25, -0.2) is 9.97 Å². The van der Waals surface area contributed by atoms with Crippen molar-refractivity contribution in [2.24, 2.45) is 0 Å². The third-order valence-electron chi connectivity index (χ3n) is 2.99. The summed E-state index contributed by atoms with van der Waals surface area (Å²) in [6.07, 6.45) is 3.53. The minimum atomic E-state index is -0.919. The molecule has 0 fully saturated rings. The molecular weight excluding hydrogens is 290 g/mol. The van der Waals surface area contributed by atoms with Gasteiger partial charge >= 0.3 is 0 Å². The van der Waals surface area contributed by atoms with E-state index in [0.29, 0.717) is 23.9 Å². The van der Waals surface area contributed by atoms with Gasteiger partial charge in [0, 0.05) is 13.0 Å². The maximum atomic E-state index is 10.4. The summed E-state index contributed by atoms with van der Waals surface area (Å²) >= 11 is 5.72. The van der Waals surface area contributed by atoms with Gasteiger partial charge in [0.2, 0.25) is 5.95 Å². The number of benzene rings is 1. The summed E-state index contributed by atoms with van der Waals surface area (Å²) in [7, 11) is 1.63. The molecule has 0 radical (unpaired) electrons. The molecule has 5 nitrogen and oxygen atoms in total. The zero-order valence-corrected chi connectivity index (χ0v) is 12.8. The van der Waals surface area contributed by atoms with Crippen LogP contribution in [0.4, 0.5) is 5.95 Å². The predicted molar refractivity (Wildman–Crippen MR) is 82.9 cm³/mol. The minimum absolute atomic E-state index is 0.334. The van der Waals surface area contributed by atoms with Crippen molar-refractivity contribution in [3.05, 3.63) is 47.2 Å². The number of aromatic nitrogens is 2. The standard InChI is InChI=1S/C15H18ClN3O2/c1-15(20,7-11-3-5-13(21-2)6-4-11)10-19-14-17-8-12(16)9-18-14/h3-6,8-9,20H,7,10H2,1-2H3,(H,17,18,19). The van der Waals surface area contributed by atoms with Gasteiger partial charge in [-0.05, 0) is 24.6 Å². The molecule has 0 amide bonds. The molecule has 1 unspecified atom stereocenters. The van der Waals surface area contributed by atoms with E-state index in [1.807, 2.05) is 24.3 Å². The Hall–Kier alpha value is -1.85. The summed E-state index contributed by atoms with van der Waals surface area (Å²) < 4.78 is 5.11. The highest BCUT2D eigenvalue weighted by Crippen LogP contribution is 2.17. The number of halogens is 1. The number of nitrogens with zero attached hydrogens (tertiary/aromatic N) is 2. The molecule has 0 aliphatic heterocycles. The van der Waals surface area contributed by atoms with Crippen LogP contribution in [0.2, 0.25) is 5.02 Å². The maximum absolute atomic E-state index is 10.4. The molecule has 2 aromatic rings. The Labute approximate surface area is 129 Å². The number of hydrogen-bond acceptors (Lipinski definition) is 5. The molecule has 0 bridgehead atoms. The second-order valence-corrected chi connectivity index (χ2v) is 5.54. The average molecular weight is 308 g/mol. The second-order valence-electron chi connectivity index (χ2n) is 5.10. The highest BCUT2D eigenvalue weighted by atomic mass is 35.5. The van der Waals surface area contributed by atoms with Crippen molar-refractivity contribution in [1.82, 2.24) is 9.97 Å². The highest BCUT2D eigenvalue weighted by Gasteiger charge is 2.21. The number of anilines is 1. The van der Waals surface area contributed by atoms with E-state index in [2.05, 4.69) is 15.3 Å². The van der Waals surface area contributed by atoms with Crippen molar-refractivity contribution in [3.8, 4) is 5.75 Å². The molecule has 1 aromatic heterocycles. The van der Waals surface area contributed by atoms with E-state index in [0.717, 1.165) is 11.3 Å². The fraction of sp³-hybridized carbons (Fsp3) is 0.333. The zero-order chi connectivity index (χ0) is 15.3. The lowest BCUT2D eigenvalue weighted by Crippen LogP contribution is -2.36. The van der Waals surface area contributed by atoms with Crippen LogP contribution >= 0.6 is 11.6 Å². The van der Waals surface area contributed by atoms with Crippen molar-refractivity contribution in [3.63, 3.8) is 0 Å². The van der Waals surface area contributed by atoms with Crippen LogP contribution < -0.4 is 10.1 Å². The first-order valence-electron chi connectivity index (χ1n) is 6.55. The van der Waals surface area contributed by atoms with Gasteiger partial charge in [0.05, 0.1) is 30.1 Å². The molecule has 0 saturated carbocycles. The van der Waals surface area contributed by atoms with Crippen LogP contribution in [0.1, 0.15) is 12.5 Å². The van der Waals surface area contributed by atoms with Crippen molar-refractivity contribution >= 4 is 17.5 Å². The SMILES string of the molecule is COc1ccc(CC(C)(O)CNc2ncc(Cl)cn2)cc1. The van der Waals surface area contributed by atoms with Gasteiger partial charge in [-0.2, -0.15) is 0 Å². The Bertz CT molecular complexity index is 570. The third-order valence-corrected chi connectivity index (χ3v) is 3.19. The predicted octanol–water partition coefficient (Wildman–Crippen LogP) is 2.54. The first-order chi connectivity index (χ1) is 9.98. The molecule has 0 spiro atoms. The number of ether oxygens (including phenoxy) is 1. The normalized spacial score (nSPS) is 13.5. The molecule has 21 heavy (non-hydrogen) atoms. The zero-order valence-electron chi connectivity index (χ0n) is 12.0. The first kappa shape index (κ1) is 15.5. The van der Waals surface area contributed by atoms with E-state index < -0.39 is 5.60 Å². The van der Waals surface area contributed by atoms with E-state index in [4.69, 9.17) is 16.3 Å². The fourth-order valence-corrected chi connectivity index (χ4v) is 2.02. The molecule has 112 valence electrons. The molecule has 2 N–H and O–H groups in total. The molecule has 1 atom stereocenters. The average Bonchev–Trinajstić information content (AvgIpc) is 2.47. The summed E-state index contributed by atoms with van der Waals surface area (Å²) in [6, 6.07) is 7.63. The monoisotopic (exact) mass is 307 g/mol. The molecule has 0 saturated heterocycles. The van der Waals surface area contributed by atoms with Gasteiger partial charge in [0.1, 0.15) is 5.75 Å². The summed E-state index contributed by atoms with van der Waals surface area (Å²) in [5.41, 5.74) is 0.108. The molecule has 1 aromatic carbocycles. The van der Waals surface area contributed by atoms with Gasteiger partial charge < -0.3 is 15.2 Å². The second kappa shape index (κ2) is 6.74. The van der Waals surface area contributed by atoms with Crippen molar-refractivity contribution in [1.29, 1.82) is 0 Å². The summed E-state index contributed by atoms with van der Waals surface area (Å²) in [5, 5.41) is 13.9.